The Morgan fingerprint density at radius 3 is 2.32 bits per heavy atom. The lowest BCUT2D eigenvalue weighted by molar-refractivity contribution is -0.136. The average molecular weight is 433 g/mol. The quantitative estimate of drug-likeness (QED) is 0.323. The third-order valence-electron chi connectivity index (χ3n) is 5.34. The molecule has 172 valence electrons. The molecule has 2 N–H and O–H groups in total. The molecule has 0 unspecified atom stereocenters. The number of carbonyl (C=O) groups excluding carboxylic acids is 2. The molecule has 0 saturated carbocycles. The van der Waals surface area contributed by atoms with Crippen molar-refractivity contribution in [1.82, 2.24) is 4.90 Å². The zero-order valence-electron chi connectivity index (χ0n) is 18.8. The Balaban J connectivity index is 1.80. The predicted octanol–water partition coefficient (Wildman–Crippen LogP) is 3.88. The highest BCUT2D eigenvalue weighted by atomic mass is 16.5. The van der Waals surface area contributed by atoms with Gasteiger partial charge in [0.2, 0.25) is 0 Å². The number of rotatable bonds is 15. The Labute approximate surface area is 185 Å². The third kappa shape index (κ3) is 7.90. The second kappa shape index (κ2) is 13.7. The Morgan fingerprint density at radius 1 is 1.06 bits per heavy atom. The summed E-state index contributed by atoms with van der Waals surface area (Å²) in [5, 5.41) is 12.2. The van der Waals surface area contributed by atoms with Crippen LogP contribution in [0, 0.1) is 0 Å². The van der Waals surface area contributed by atoms with Crippen molar-refractivity contribution >= 4 is 17.6 Å². The summed E-state index contributed by atoms with van der Waals surface area (Å²) in [5.74, 6) is -0.110. The number of aliphatic hydroxyl groups excluding tert-OH is 1. The van der Waals surface area contributed by atoms with E-state index in [0.717, 1.165) is 12.2 Å². The smallest absolute Gasteiger partial charge is 0.337 e. The first-order chi connectivity index (χ1) is 15.1. The standard InChI is InChI=1S/C24H36N2O5/c1-3-4-5-6-7-8-9-10-17-31-20-13-11-19(12-14-20)25-22-21(24(29)30-2)18-26(15-16-27)23(22)28/h11-14,25,27H,3-10,15-18H2,1-2H3. The van der Waals surface area contributed by atoms with Gasteiger partial charge in [-0.15, -0.1) is 0 Å². The maximum Gasteiger partial charge on any atom is 0.337 e. The van der Waals surface area contributed by atoms with E-state index in [1.54, 1.807) is 0 Å². The fourth-order valence-corrected chi connectivity index (χ4v) is 3.55. The molecule has 0 fully saturated rings. The van der Waals surface area contributed by atoms with Crippen LogP contribution >= 0.6 is 0 Å². The number of amides is 1. The number of carbonyl (C=O) groups is 2. The lowest BCUT2D eigenvalue weighted by Gasteiger charge is -2.15. The summed E-state index contributed by atoms with van der Waals surface area (Å²) in [4.78, 5) is 26.0. The van der Waals surface area contributed by atoms with E-state index in [1.165, 1.54) is 57.0 Å². The number of benzene rings is 1. The average Bonchev–Trinajstić information content (AvgIpc) is 3.08. The highest BCUT2D eigenvalue weighted by Crippen LogP contribution is 2.24. The van der Waals surface area contributed by atoms with E-state index in [9.17, 15) is 9.59 Å². The molecule has 1 aliphatic rings. The van der Waals surface area contributed by atoms with Crippen LogP contribution in [0.25, 0.3) is 0 Å². The minimum atomic E-state index is -0.554. The normalized spacial score (nSPS) is 13.6. The van der Waals surface area contributed by atoms with Gasteiger partial charge in [0.05, 0.1) is 32.4 Å². The Hall–Kier alpha value is -2.54. The van der Waals surface area contributed by atoms with E-state index < -0.39 is 5.97 Å². The molecule has 0 bridgehead atoms. The second-order valence-corrected chi connectivity index (χ2v) is 7.77. The number of nitrogens with zero attached hydrogens (tertiary/aromatic N) is 1. The van der Waals surface area contributed by atoms with Gasteiger partial charge in [-0.3, -0.25) is 4.79 Å². The van der Waals surface area contributed by atoms with Crippen LogP contribution in [0.3, 0.4) is 0 Å². The second-order valence-electron chi connectivity index (χ2n) is 7.77. The van der Waals surface area contributed by atoms with Crippen LogP contribution in [0.5, 0.6) is 5.75 Å². The van der Waals surface area contributed by atoms with Crippen molar-refractivity contribution in [3.8, 4) is 5.75 Å². The molecule has 2 rings (SSSR count). The van der Waals surface area contributed by atoms with Gasteiger partial charge in [-0.05, 0) is 30.7 Å². The zero-order valence-corrected chi connectivity index (χ0v) is 18.8. The number of hydrogen-bond acceptors (Lipinski definition) is 6. The SMILES string of the molecule is CCCCCCCCCCOc1ccc(NC2=C(C(=O)OC)CN(CCO)C2=O)cc1. The molecule has 0 saturated heterocycles. The number of anilines is 1. The zero-order chi connectivity index (χ0) is 22.5. The molecule has 1 aliphatic heterocycles. The molecular weight excluding hydrogens is 396 g/mol. The molecule has 0 aromatic heterocycles. The first-order valence-corrected chi connectivity index (χ1v) is 11.3. The molecule has 1 amide bonds. The molecular formula is C24H36N2O5. The van der Waals surface area contributed by atoms with Gasteiger partial charge in [-0.2, -0.15) is 0 Å². The van der Waals surface area contributed by atoms with E-state index in [0.29, 0.717) is 12.3 Å². The van der Waals surface area contributed by atoms with Crippen LogP contribution in [-0.4, -0.2) is 55.3 Å². The molecule has 7 nitrogen and oxygen atoms in total. The topological polar surface area (TPSA) is 88.1 Å². The number of methoxy groups -OCH3 is 1. The highest BCUT2D eigenvalue weighted by molar-refractivity contribution is 6.08. The third-order valence-corrected chi connectivity index (χ3v) is 5.34. The summed E-state index contributed by atoms with van der Waals surface area (Å²) in [7, 11) is 1.28. The minimum absolute atomic E-state index is 0.119. The fourth-order valence-electron chi connectivity index (χ4n) is 3.55. The maximum absolute atomic E-state index is 12.6. The van der Waals surface area contributed by atoms with Crippen molar-refractivity contribution in [2.75, 3.05) is 38.7 Å². The number of ether oxygens (including phenoxy) is 2. The first kappa shape index (κ1) is 24.7. The van der Waals surface area contributed by atoms with Gasteiger partial charge in [0.1, 0.15) is 11.4 Å². The maximum atomic E-state index is 12.6. The monoisotopic (exact) mass is 432 g/mol. The summed E-state index contributed by atoms with van der Waals surface area (Å²) in [6.07, 6.45) is 10.1. The van der Waals surface area contributed by atoms with Crippen LogP contribution in [0.15, 0.2) is 35.5 Å². The number of β-amino-alcohol motifs (C(OH)–C–C–N with tert-alkyl or cyclic N) is 1. The van der Waals surface area contributed by atoms with Crippen molar-refractivity contribution in [3.63, 3.8) is 0 Å². The molecule has 1 heterocycles. The number of aliphatic hydroxyl groups is 1. The summed E-state index contributed by atoms with van der Waals surface area (Å²) in [6, 6.07) is 7.31. The van der Waals surface area contributed by atoms with E-state index in [2.05, 4.69) is 12.2 Å². The summed E-state index contributed by atoms with van der Waals surface area (Å²) in [6.45, 7) is 3.04. The molecule has 0 atom stereocenters. The molecule has 7 heteroatoms. The van der Waals surface area contributed by atoms with Crippen LogP contribution in [0.1, 0.15) is 58.3 Å². The first-order valence-electron chi connectivity index (χ1n) is 11.3. The van der Waals surface area contributed by atoms with Gasteiger partial charge < -0.3 is 24.8 Å². The summed E-state index contributed by atoms with van der Waals surface area (Å²) < 4.78 is 10.6. The van der Waals surface area contributed by atoms with E-state index in [4.69, 9.17) is 14.6 Å². The van der Waals surface area contributed by atoms with Crippen molar-refractivity contribution < 1.29 is 24.2 Å². The lowest BCUT2D eigenvalue weighted by atomic mass is 10.1. The summed E-state index contributed by atoms with van der Waals surface area (Å²) in [5.41, 5.74) is 1.12. The van der Waals surface area contributed by atoms with Gasteiger partial charge in [-0.25, -0.2) is 4.79 Å². The highest BCUT2D eigenvalue weighted by Gasteiger charge is 2.34. The van der Waals surface area contributed by atoms with Gasteiger partial charge in [0, 0.05) is 12.2 Å². The van der Waals surface area contributed by atoms with E-state index in [1.807, 2.05) is 24.3 Å². The van der Waals surface area contributed by atoms with Gasteiger partial charge in [-0.1, -0.05) is 51.9 Å². The molecule has 0 radical (unpaired) electrons. The van der Waals surface area contributed by atoms with Gasteiger partial charge >= 0.3 is 5.97 Å². The van der Waals surface area contributed by atoms with Crippen LogP contribution in [0.2, 0.25) is 0 Å². The van der Waals surface area contributed by atoms with E-state index in [-0.39, 0.29) is 36.9 Å². The van der Waals surface area contributed by atoms with Crippen LogP contribution in [-0.2, 0) is 14.3 Å². The van der Waals surface area contributed by atoms with Crippen molar-refractivity contribution in [2.45, 2.75) is 58.3 Å². The molecule has 0 spiro atoms. The Kier molecular flexibility index (Phi) is 10.9. The number of hydrogen-bond donors (Lipinski definition) is 2. The van der Waals surface area contributed by atoms with Crippen molar-refractivity contribution in [2.24, 2.45) is 0 Å². The molecule has 0 aliphatic carbocycles. The number of unbranched alkanes of at least 4 members (excludes halogenated alkanes) is 7. The minimum Gasteiger partial charge on any atom is -0.494 e. The van der Waals surface area contributed by atoms with Gasteiger partial charge in [0.25, 0.3) is 5.91 Å². The molecule has 1 aromatic carbocycles. The van der Waals surface area contributed by atoms with Gasteiger partial charge in [0.15, 0.2) is 0 Å². The van der Waals surface area contributed by atoms with Crippen molar-refractivity contribution in [3.05, 3.63) is 35.5 Å². The number of nitrogens with one attached hydrogen (secondary N) is 1. The molecule has 31 heavy (non-hydrogen) atoms. The largest absolute Gasteiger partial charge is 0.494 e. The molecule has 1 aromatic rings. The summed E-state index contributed by atoms with van der Waals surface area (Å²) >= 11 is 0. The van der Waals surface area contributed by atoms with E-state index >= 15 is 0 Å². The van der Waals surface area contributed by atoms with Crippen molar-refractivity contribution in [1.29, 1.82) is 0 Å². The predicted molar refractivity (Wildman–Crippen MR) is 121 cm³/mol. The fraction of sp³-hybridized carbons (Fsp3) is 0.583. The Morgan fingerprint density at radius 2 is 1.71 bits per heavy atom. The van der Waals surface area contributed by atoms with Crippen LogP contribution in [0.4, 0.5) is 5.69 Å². The lowest BCUT2D eigenvalue weighted by Crippen LogP contribution is -2.31. The van der Waals surface area contributed by atoms with Crippen LogP contribution < -0.4 is 10.1 Å². The number of esters is 1. The Bertz CT molecular complexity index is 730.